The van der Waals surface area contributed by atoms with E-state index in [1.807, 2.05) is 6.92 Å². The van der Waals surface area contributed by atoms with Gasteiger partial charge in [0.15, 0.2) is 6.61 Å². The number of hydrogen-bond donors (Lipinski definition) is 1. The van der Waals surface area contributed by atoms with Gasteiger partial charge in [0.05, 0.1) is 12.2 Å². The lowest BCUT2D eigenvalue weighted by molar-refractivity contribution is -0.123. The maximum Gasteiger partial charge on any atom is 0.338 e. The van der Waals surface area contributed by atoms with E-state index in [4.69, 9.17) is 9.47 Å². The van der Waals surface area contributed by atoms with Crippen LogP contribution in [0.3, 0.4) is 0 Å². The molecule has 1 aliphatic carbocycles. The van der Waals surface area contributed by atoms with Crippen molar-refractivity contribution in [2.75, 3.05) is 13.2 Å². The van der Waals surface area contributed by atoms with Gasteiger partial charge in [-0.3, -0.25) is 4.79 Å². The van der Waals surface area contributed by atoms with Crippen LogP contribution < -0.4 is 10.2 Å². The Labute approximate surface area is 142 Å². The van der Waals surface area contributed by atoms with E-state index in [0.717, 1.165) is 37.8 Å². The smallest absolute Gasteiger partial charge is 0.338 e. The van der Waals surface area contributed by atoms with Crippen molar-refractivity contribution in [2.45, 2.75) is 45.4 Å². The van der Waals surface area contributed by atoms with Crippen LogP contribution in [0.15, 0.2) is 29.4 Å². The van der Waals surface area contributed by atoms with Crippen molar-refractivity contribution in [3.63, 3.8) is 0 Å². The Morgan fingerprint density at radius 2 is 1.83 bits per heavy atom. The maximum absolute atomic E-state index is 11.7. The summed E-state index contributed by atoms with van der Waals surface area (Å²) >= 11 is 0. The molecule has 1 saturated carbocycles. The van der Waals surface area contributed by atoms with Gasteiger partial charge in [-0.2, -0.15) is 5.10 Å². The van der Waals surface area contributed by atoms with Crippen LogP contribution in [0.5, 0.6) is 5.75 Å². The van der Waals surface area contributed by atoms with Crippen molar-refractivity contribution >= 4 is 17.6 Å². The number of ether oxygens (including phenoxy) is 2. The molecule has 0 atom stereocenters. The molecular formula is C18H24N2O4. The van der Waals surface area contributed by atoms with Gasteiger partial charge in [-0.1, -0.05) is 13.3 Å². The van der Waals surface area contributed by atoms with Crippen LogP contribution in [0, 0.1) is 0 Å². The summed E-state index contributed by atoms with van der Waals surface area (Å²) in [5, 5.41) is 4.14. The van der Waals surface area contributed by atoms with Crippen LogP contribution in [0.4, 0.5) is 0 Å². The zero-order valence-electron chi connectivity index (χ0n) is 14.0. The fourth-order valence-corrected chi connectivity index (χ4v) is 2.36. The van der Waals surface area contributed by atoms with Crippen LogP contribution in [-0.2, 0) is 9.53 Å². The first kappa shape index (κ1) is 18.0. The fourth-order valence-electron chi connectivity index (χ4n) is 2.36. The van der Waals surface area contributed by atoms with E-state index in [1.54, 1.807) is 24.3 Å². The Morgan fingerprint density at radius 3 is 2.50 bits per heavy atom. The summed E-state index contributed by atoms with van der Waals surface area (Å²) in [7, 11) is 0. The third-order valence-corrected chi connectivity index (χ3v) is 3.67. The zero-order valence-corrected chi connectivity index (χ0v) is 14.0. The summed E-state index contributed by atoms with van der Waals surface area (Å²) in [6.07, 6.45) is 6.20. The molecule has 0 saturated heterocycles. The molecule has 1 amide bonds. The second kappa shape index (κ2) is 9.70. The van der Waals surface area contributed by atoms with Gasteiger partial charge >= 0.3 is 5.97 Å². The molecule has 0 aromatic heterocycles. The highest BCUT2D eigenvalue weighted by atomic mass is 16.5. The molecule has 0 bridgehead atoms. The minimum absolute atomic E-state index is 0.115. The number of nitrogens with zero attached hydrogens (tertiary/aromatic N) is 1. The lowest BCUT2D eigenvalue weighted by atomic mass is 9.99. The lowest BCUT2D eigenvalue weighted by Gasteiger charge is -2.12. The van der Waals surface area contributed by atoms with Gasteiger partial charge in [0.25, 0.3) is 5.91 Å². The van der Waals surface area contributed by atoms with Gasteiger partial charge in [-0.05, 0) is 56.4 Å². The van der Waals surface area contributed by atoms with E-state index < -0.39 is 0 Å². The summed E-state index contributed by atoms with van der Waals surface area (Å²) < 4.78 is 10.4. The average molecular weight is 332 g/mol. The SMILES string of the molecule is CCCOC(=O)c1ccc(OCC(=O)NN=C2CCCCC2)cc1. The molecule has 1 N–H and O–H groups in total. The van der Waals surface area contributed by atoms with E-state index in [0.29, 0.717) is 17.9 Å². The molecule has 2 rings (SSSR count). The molecule has 0 spiro atoms. The van der Waals surface area contributed by atoms with Gasteiger partial charge in [-0.25, -0.2) is 10.2 Å². The molecule has 0 radical (unpaired) electrons. The molecule has 0 unspecified atom stereocenters. The first-order valence-electron chi connectivity index (χ1n) is 8.43. The lowest BCUT2D eigenvalue weighted by Crippen LogP contribution is -2.26. The number of nitrogens with one attached hydrogen (secondary N) is 1. The molecule has 6 nitrogen and oxygen atoms in total. The van der Waals surface area contributed by atoms with E-state index in [-0.39, 0.29) is 18.5 Å². The highest BCUT2D eigenvalue weighted by Gasteiger charge is 2.09. The second-order valence-corrected chi connectivity index (χ2v) is 5.72. The summed E-state index contributed by atoms with van der Waals surface area (Å²) in [5.41, 5.74) is 4.03. The molecule has 24 heavy (non-hydrogen) atoms. The van der Waals surface area contributed by atoms with Crippen LogP contribution in [0.25, 0.3) is 0 Å². The minimum Gasteiger partial charge on any atom is -0.484 e. The predicted octanol–water partition coefficient (Wildman–Crippen LogP) is 3.07. The molecule has 0 heterocycles. The molecule has 1 aromatic rings. The van der Waals surface area contributed by atoms with Gasteiger partial charge in [-0.15, -0.1) is 0 Å². The van der Waals surface area contributed by atoms with Crippen molar-refractivity contribution in [1.29, 1.82) is 0 Å². The molecular weight excluding hydrogens is 308 g/mol. The largest absolute Gasteiger partial charge is 0.484 e. The van der Waals surface area contributed by atoms with Gasteiger partial charge in [0.2, 0.25) is 0 Å². The molecule has 130 valence electrons. The maximum atomic E-state index is 11.7. The molecule has 6 heteroatoms. The Kier molecular flexibility index (Phi) is 7.26. The fraction of sp³-hybridized carbons (Fsp3) is 0.500. The number of benzene rings is 1. The van der Waals surface area contributed by atoms with Crippen LogP contribution >= 0.6 is 0 Å². The third-order valence-electron chi connectivity index (χ3n) is 3.67. The quantitative estimate of drug-likeness (QED) is 0.615. The van der Waals surface area contributed by atoms with E-state index in [1.165, 1.54) is 6.42 Å². The third kappa shape index (κ3) is 6.02. The van der Waals surface area contributed by atoms with Crippen molar-refractivity contribution < 1.29 is 19.1 Å². The molecule has 1 fully saturated rings. The Hall–Kier alpha value is -2.37. The van der Waals surface area contributed by atoms with Crippen LogP contribution in [-0.4, -0.2) is 30.8 Å². The number of rotatable bonds is 7. The normalized spacial score (nSPS) is 14.0. The van der Waals surface area contributed by atoms with Crippen LogP contribution in [0.2, 0.25) is 0 Å². The number of carbonyl (C=O) groups is 2. The van der Waals surface area contributed by atoms with Gasteiger partial charge in [0.1, 0.15) is 5.75 Å². The Balaban J connectivity index is 1.75. The van der Waals surface area contributed by atoms with Gasteiger partial charge in [0, 0.05) is 5.71 Å². The van der Waals surface area contributed by atoms with Gasteiger partial charge < -0.3 is 9.47 Å². The zero-order chi connectivity index (χ0) is 17.2. The molecule has 0 aliphatic heterocycles. The Morgan fingerprint density at radius 1 is 1.12 bits per heavy atom. The first-order chi connectivity index (χ1) is 11.7. The number of carbonyl (C=O) groups excluding carboxylic acids is 2. The molecule has 1 aliphatic rings. The van der Waals surface area contributed by atoms with E-state index in [2.05, 4.69) is 10.5 Å². The summed E-state index contributed by atoms with van der Waals surface area (Å²) in [6.45, 7) is 2.23. The monoisotopic (exact) mass is 332 g/mol. The predicted molar refractivity (Wildman–Crippen MR) is 91.2 cm³/mol. The Bertz CT molecular complexity index is 573. The molecule has 1 aromatic carbocycles. The summed E-state index contributed by atoms with van der Waals surface area (Å²) in [6, 6.07) is 6.52. The summed E-state index contributed by atoms with van der Waals surface area (Å²) in [4.78, 5) is 23.4. The summed E-state index contributed by atoms with van der Waals surface area (Å²) in [5.74, 6) is -0.133. The minimum atomic E-state index is -0.357. The van der Waals surface area contributed by atoms with E-state index in [9.17, 15) is 9.59 Å². The first-order valence-corrected chi connectivity index (χ1v) is 8.43. The highest BCUT2D eigenvalue weighted by Crippen LogP contribution is 2.14. The van der Waals surface area contributed by atoms with Crippen molar-refractivity contribution in [2.24, 2.45) is 5.10 Å². The average Bonchev–Trinajstić information content (AvgIpc) is 2.64. The number of hydrazone groups is 1. The highest BCUT2D eigenvalue weighted by molar-refractivity contribution is 5.89. The number of esters is 1. The number of amides is 1. The van der Waals surface area contributed by atoms with Crippen molar-refractivity contribution in [1.82, 2.24) is 5.43 Å². The number of hydrogen-bond acceptors (Lipinski definition) is 5. The topological polar surface area (TPSA) is 77.0 Å². The van der Waals surface area contributed by atoms with Crippen LogP contribution in [0.1, 0.15) is 55.8 Å². The van der Waals surface area contributed by atoms with E-state index >= 15 is 0 Å². The van der Waals surface area contributed by atoms with Crippen molar-refractivity contribution in [3.8, 4) is 5.75 Å². The standard InChI is InChI=1S/C18H24N2O4/c1-2-12-23-18(22)14-8-10-16(11-9-14)24-13-17(21)20-19-15-6-4-3-5-7-15/h8-11H,2-7,12-13H2,1H3,(H,20,21). The van der Waals surface area contributed by atoms with Crippen molar-refractivity contribution in [3.05, 3.63) is 29.8 Å². The second-order valence-electron chi connectivity index (χ2n) is 5.72.